The van der Waals surface area contributed by atoms with Crippen LogP contribution >= 0.6 is 0 Å². The Morgan fingerprint density at radius 1 is 1.11 bits per heavy atom. The Morgan fingerprint density at radius 2 is 1.83 bits per heavy atom. The van der Waals surface area contributed by atoms with Crippen LogP contribution in [0.15, 0.2) is 0 Å². The van der Waals surface area contributed by atoms with Crippen molar-refractivity contribution in [2.45, 2.75) is 70.8 Å². The van der Waals surface area contributed by atoms with Crippen molar-refractivity contribution in [3.8, 4) is 0 Å². The lowest BCUT2D eigenvalue weighted by molar-refractivity contribution is 0.0542. The van der Waals surface area contributed by atoms with Gasteiger partial charge in [0.15, 0.2) is 0 Å². The lowest BCUT2D eigenvalue weighted by Crippen LogP contribution is -2.61. The predicted octanol–water partition coefficient (Wildman–Crippen LogP) is 3.42. The van der Waals surface area contributed by atoms with Crippen LogP contribution < -0.4 is 5.32 Å². The third kappa shape index (κ3) is 3.71. The Balaban J connectivity index is 1.66. The van der Waals surface area contributed by atoms with Crippen molar-refractivity contribution < 1.29 is 0 Å². The van der Waals surface area contributed by atoms with Crippen molar-refractivity contribution in [3.63, 3.8) is 0 Å². The first-order chi connectivity index (χ1) is 8.77. The topological polar surface area (TPSA) is 15.3 Å². The standard InChI is InChI=1S/C16H32N2/c1-3-4-5-6-7-8-12-18-13-11-17-14-16(18,2)15-9-10-15/h15,17H,3-14H2,1-2H3. The summed E-state index contributed by atoms with van der Waals surface area (Å²) >= 11 is 0. The van der Waals surface area contributed by atoms with Gasteiger partial charge in [0.1, 0.15) is 0 Å². The Labute approximate surface area is 114 Å². The molecular weight excluding hydrogens is 220 g/mol. The smallest absolute Gasteiger partial charge is 0.0334 e. The second-order valence-corrected chi connectivity index (χ2v) is 6.56. The van der Waals surface area contributed by atoms with Crippen molar-refractivity contribution in [1.29, 1.82) is 0 Å². The molecule has 2 heteroatoms. The molecular formula is C16H32N2. The van der Waals surface area contributed by atoms with Crippen LogP contribution in [0.2, 0.25) is 0 Å². The molecule has 2 rings (SSSR count). The Bertz CT molecular complexity index is 237. The molecule has 0 aromatic carbocycles. The highest BCUT2D eigenvalue weighted by Gasteiger charge is 2.46. The van der Waals surface area contributed by atoms with Gasteiger partial charge in [-0.05, 0) is 38.6 Å². The van der Waals surface area contributed by atoms with Crippen molar-refractivity contribution in [2.75, 3.05) is 26.2 Å². The van der Waals surface area contributed by atoms with E-state index in [1.165, 1.54) is 77.5 Å². The van der Waals surface area contributed by atoms with E-state index in [9.17, 15) is 0 Å². The van der Waals surface area contributed by atoms with Crippen molar-refractivity contribution >= 4 is 0 Å². The summed E-state index contributed by atoms with van der Waals surface area (Å²) in [5, 5.41) is 3.60. The van der Waals surface area contributed by atoms with Crippen LogP contribution in [0.25, 0.3) is 0 Å². The second kappa shape index (κ2) is 6.91. The molecule has 1 saturated heterocycles. The van der Waals surface area contributed by atoms with Gasteiger partial charge in [0.2, 0.25) is 0 Å². The maximum Gasteiger partial charge on any atom is 0.0334 e. The van der Waals surface area contributed by atoms with Gasteiger partial charge in [-0.1, -0.05) is 39.0 Å². The van der Waals surface area contributed by atoms with Crippen molar-refractivity contribution in [1.82, 2.24) is 10.2 Å². The fourth-order valence-electron chi connectivity index (χ4n) is 3.48. The summed E-state index contributed by atoms with van der Waals surface area (Å²) in [7, 11) is 0. The van der Waals surface area contributed by atoms with Gasteiger partial charge in [0.25, 0.3) is 0 Å². The van der Waals surface area contributed by atoms with E-state index in [1.807, 2.05) is 0 Å². The molecule has 106 valence electrons. The third-order valence-electron chi connectivity index (χ3n) is 5.00. The molecule has 2 fully saturated rings. The molecule has 1 heterocycles. The highest BCUT2D eigenvalue weighted by Crippen LogP contribution is 2.43. The van der Waals surface area contributed by atoms with E-state index in [4.69, 9.17) is 0 Å². The average molecular weight is 252 g/mol. The summed E-state index contributed by atoms with van der Waals surface area (Å²) in [5.74, 6) is 0.977. The number of hydrogen-bond acceptors (Lipinski definition) is 2. The minimum absolute atomic E-state index is 0.474. The molecule has 0 radical (unpaired) electrons. The van der Waals surface area contributed by atoms with Crippen LogP contribution in [0, 0.1) is 5.92 Å². The zero-order chi connectivity index (χ0) is 12.8. The van der Waals surface area contributed by atoms with Gasteiger partial charge in [0, 0.05) is 25.2 Å². The van der Waals surface area contributed by atoms with Gasteiger partial charge in [0.05, 0.1) is 0 Å². The van der Waals surface area contributed by atoms with E-state index >= 15 is 0 Å². The van der Waals surface area contributed by atoms with E-state index in [-0.39, 0.29) is 0 Å². The maximum absolute atomic E-state index is 3.60. The molecule has 0 aromatic rings. The monoisotopic (exact) mass is 252 g/mol. The van der Waals surface area contributed by atoms with Gasteiger partial charge in [-0.3, -0.25) is 4.90 Å². The number of piperazine rings is 1. The predicted molar refractivity (Wildman–Crippen MR) is 78.9 cm³/mol. The van der Waals surface area contributed by atoms with Crippen LogP contribution in [0.3, 0.4) is 0 Å². The lowest BCUT2D eigenvalue weighted by Gasteiger charge is -2.46. The molecule has 0 bridgehead atoms. The van der Waals surface area contributed by atoms with Crippen LogP contribution in [-0.2, 0) is 0 Å². The summed E-state index contributed by atoms with van der Waals surface area (Å²) in [6.45, 7) is 9.80. The van der Waals surface area contributed by atoms with E-state index < -0.39 is 0 Å². The van der Waals surface area contributed by atoms with Gasteiger partial charge >= 0.3 is 0 Å². The molecule has 2 nitrogen and oxygen atoms in total. The summed E-state index contributed by atoms with van der Waals surface area (Å²) in [5.41, 5.74) is 0.474. The molecule has 2 aliphatic rings. The number of hydrogen-bond donors (Lipinski definition) is 1. The molecule has 0 amide bonds. The normalized spacial score (nSPS) is 29.7. The minimum Gasteiger partial charge on any atom is -0.314 e. The zero-order valence-electron chi connectivity index (χ0n) is 12.5. The first-order valence-corrected chi connectivity index (χ1v) is 8.23. The Morgan fingerprint density at radius 3 is 2.56 bits per heavy atom. The average Bonchev–Trinajstić information content (AvgIpc) is 3.20. The van der Waals surface area contributed by atoms with E-state index in [2.05, 4.69) is 24.1 Å². The third-order valence-corrected chi connectivity index (χ3v) is 5.00. The molecule has 1 N–H and O–H groups in total. The van der Waals surface area contributed by atoms with Gasteiger partial charge in [-0.25, -0.2) is 0 Å². The van der Waals surface area contributed by atoms with Crippen LogP contribution in [0.5, 0.6) is 0 Å². The highest BCUT2D eigenvalue weighted by atomic mass is 15.3. The minimum atomic E-state index is 0.474. The van der Waals surface area contributed by atoms with Gasteiger partial charge in [-0.2, -0.15) is 0 Å². The Kier molecular flexibility index (Phi) is 5.50. The van der Waals surface area contributed by atoms with E-state index in [1.54, 1.807) is 0 Å². The van der Waals surface area contributed by atoms with Crippen LogP contribution in [0.1, 0.15) is 65.2 Å². The largest absolute Gasteiger partial charge is 0.314 e. The molecule has 0 spiro atoms. The highest BCUT2D eigenvalue weighted by molar-refractivity contribution is 5.02. The van der Waals surface area contributed by atoms with Crippen molar-refractivity contribution in [3.05, 3.63) is 0 Å². The number of rotatable bonds is 8. The lowest BCUT2D eigenvalue weighted by atomic mass is 9.91. The maximum atomic E-state index is 3.60. The summed E-state index contributed by atoms with van der Waals surface area (Å²) in [4.78, 5) is 2.79. The number of nitrogens with one attached hydrogen (secondary N) is 1. The number of unbranched alkanes of at least 4 members (excludes halogenated alkanes) is 5. The van der Waals surface area contributed by atoms with Crippen LogP contribution in [0.4, 0.5) is 0 Å². The molecule has 1 aliphatic heterocycles. The molecule has 1 aliphatic carbocycles. The summed E-state index contributed by atoms with van der Waals surface area (Å²) in [6.07, 6.45) is 11.4. The molecule has 18 heavy (non-hydrogen) atoms. The SMILES string of the molecule is CCCCCCCCN1CCNCC1(C)C1CC1. The van der Waals surface area contributed by atoms with Gasteiger partial charge in [-0.15, -0.1) is 0 Å². The Hall–Kier alpha value is -0.0800. The molecule has 1 atom stereocenters. The molecule has 1 saturated carbocycles. The fraction of sp³-hybridized carbons (Fsp3) is 1.00. The van der Waals surface area contributed by atoms with Crippen LogP contribution in [-0.4, -0.2) is 36.6 Å². The van der Waals surface area contributed by atoms with Gasteiger partial charge < -0.3 is 5.32 Å². The van der Waals surface area contributed by atoms with Crippen molar-refractivity contribution in [2.24, 2.45) is 5.92 Å². The quantitative estimate of drug-likeness (QED) is 0.666. The zero-order valence-corrected chi connectivity index (χ0v) is 12.5. The summed E-state index contributed by atoms with van der Waals surface area (Å²) in [6, 6.07) is 0. The van der Waals surface area contributed by atoms with E-state index in [0.717, 1.165) is 5.92 Å². The second-order valence-electron chi connectivity index (χ2n) is 6.56. The summed E-state index contributed by atoms with van der Waals surface area (Å²) < 4.78 is 0. The van der Waals surface area contributed by atoms with E-state index in [0.29, 0.717) is 5.54 Å². The fourth-order valence-corrected chi connectivity index (χ4v) is 3.48. The first-order valence-electron chi connectivity index (χ1n) is 8.23. The molecule has 1 unspecified atom stereocenters. The first kappa shape index (κ1) is 14.3. The molecule has 0 aromatic heterocycles. The number of nitrogens with zero attached hydrogens (tertiary/aromatic N) is 1.